The van der Waals surface area contributed by atoms with E-state index in [0.29, 0.717) is 11.7 Å². The molecule has 0 radical (unpaired) electrons. The zero-order valence-corrected chi connectivity index (χ0v) is 9.65. The van der Waals surface area contributed by atoms with E-state index in [9.17, 15) is 4.79 Å². The van der Waals surface area contributed by atoms with E-state index in [1.165, 1.54) is 13.4 Å². The second kappa shape index (κ2) is 4.65. The average molecular weight is 242 g/mol. The lowest BCUT2D eigenvalue weighted by molar-refractivity contribution is -0.144. The third kappa shape index (κ3) is 2.24. The van der Waals surface area contributed by atoms with Crippen molar-refractivity contribution in [3.63, 3.8) is 0 Å². The molecular formula is C10H12ClN3O2. The predicted molar refractivity (Wildman–Crippen MR) is 59.4 cm³/mol. The topological polar surface area (TPSA) is 55.3 Å². The smallest absolute Gasteiger partial charge is 0.310 e. The number of rotatable bonds is 2. The summed E-state index contributed by atoms with van der Waals surface area (Å²) in [5.41, 5.74) is 0. The number of aromatic nitrogens is 2. The third-order valence-corrected chi connectivity index (χ3v) is 2.87. The van der Waals surface area contributed by atoms with Gasteiger partial charge in [-0.05, 0) is 6.42 Å². The van der Waals surface area contributed by atoms with Gasteiger partial charge in [-0.25, -0.2) is 9.97 Å². The van der Waals surface area contributed by atoms with Crippen LogP contribution in [0.4, 0.5) is 5.82 Å². The lowest BCUT2D eigenvalue weighted by Crippen LogP contribution is -2.24. The van der Waals surface area contributed by atoms with Crippen LogP contribution in [-0.4, -0.2) is 36.1 Å². The molecule has 1 unspecified atom stereocenters. The summed E-state index contributed by atoms with van der Waals surface area (Å²) in [6.45, 7) is 1.41. The van der Waals surface area contributed by atoms with Gasteiger partial charge in [0.15, 0.2) is 0 Å². The highest BCUT2D eigenvalue weighted by atomic mass is 35.5. The van der Waals surface area contributed by atoms with Crippen molar-refractivity contribution in [2.75, 3.05) is 25.1 Å². The number of nitrogens with zero attached hydrogens (tertiary/aromatic N) is 3. The van der Waals surface area contributed by atoms with Crippen molar-refractivity contribution in [3.8, 4) is 0 Å². The highest BCUT2D eigenvalue weighted by Gasteiger charge is 2.29. The summed E-state index contributed by atoms with van der Waals surface area (Å²) in [5.74, 6) is 0.521. The molecular weight excluding hydrogens is 230 g/mol. The Morgan fingerprint density at radius 2 is 2.44 bits per heavy atom. The molecule has 1 fully saturated rings. The Balaban J connectivity index is 2.06. The van der Waals surface area contributed by atoms with Crippen LogP contribution in [0, 0.1) is 5.92 Å². The Morgan fingerprint density at radius 1 is 1.62 bits per heavy atom. The maximum Gasteiger partial charge on any atom is 0.310 e. The maximum absolute atomic E-state index is 11.4. The largest absolute Gasteiger partial charge is 0.469 e. The molecule has 0 N–H and O–H groups in total. The van der Waals surface area contributed by atoms with Crippen LogP contribution < -0.4 is 4.90 Å². The minimum Gasteiger partial charge on any atom is -0.469 e. The number of halogens is 1. The molecule has 2 rings (SSSR count). The zero-order valence-electron chi connectivity index (χ0n) is 8.89. The van der Waals surface area contributed by atoms with Gasteiger partial charge < -0.3 is 9.64 Å². The normalized spacial score (nSPS) is 19.9. The van der Waals surface area contributed by atoms with Crippen molar-refractivity contribution >= 4 is 23.4 Å². The monoisotopic (exact) mass is 241 g/mol. The van der Waals surface area contributed by atoms with Gasteiger partial charge in [0.2, 0.25) is 0 Å². The van der Waals surface area contributed by atoms with E-state index in [-0.39, 0.29) is 11.9 Å². The van der Waals surface area contributed by atoms with Crippen molar-refractivity contribution in [2.24, 2.45) is 5.92 Å². The maximum atomic E-state index is 11.4. The number of hydrogen-bond acceptors (Lipinski definition) is 5. The van der Waals surface area contributed by atoms with Gasteiger partial charge in [0, 0.05) is 19.2 Å². The van der Waals surface area contributed by atoms with Gasteiger partial charge in [-0.2, -0.15) is 0 Å². The molecule has 1 aliphatic heterocycles. The standard InChI is InChI=1S/C10H12ClN3O2/c1-16-10(15)7-2-3-14(5-7)9-4-8(11)12-6-13-9/h4,6-7H,2-3,5H2,1H3. The summed E-state index contributed by atoms with van der Waals surface area (Å²) in [5, 5.41) is 0.409. The number of hydrogen-bond donors (Lipinski definition) is 0. The molecule has 5 nitrogen and oxygen atoms in total. The molecule has 0 aliphatic carbocycles. The summed E-state index contributed by atoms with van der Waals surface area (Å²) in [6.07, 6.45) is 2.21. The molecule has 0 aromatic carbocycles. The first kappa shape index (κ1) is 11.1. The molecule has 1 aromatic heterocycles. The molecule has 0 bridgehead atoms. The molecule has 16 heavy (non-hydrogen) atoms. The first-order valence-corrected chi connectivity index (χ1v) is 5.39. The van der Waals surface area contributed by atoms with Crippen molar-refractivity contribution in [2.45, 2.75) is 6.42 Å². The highest BCUT2D eigenvalue weighted by molar-refractivity contribution is 6.29. The SMILES string of the molecule is COC(=O)C1CCN(c2cc(Cl)ncn2)C1. The number of anilines is 1. The summed E-state index contributed by atoms with van der Waals surface area (Å²) in [6, 6.07) is 1.70. The van der Waals surface area contributed by atoms with E-state index in [2.05, 4.69) is 9.97 Å². The number of ether oxygens (including phenoxy) is 1. The molecule has 1 aromatic rings. The van der Waals surface area contributed by atoms with Crippen molar-refractivity contribution in [1.29, 1.82) is 0 Å². The number of methoxy groups -OCH3 is 1. The van der Waals surface area contributed by atoms with Crippen LogP contribution in [0.1, 0.15) is 6.42 Å². The lowest BCUT2D eigenvalue weighted by Gasteiger charge is -2.16. The Morgan fingerprint density at radius 3 is 3.12 bits per heavy atom. The van der Waals surface area contributed by atoms with Crippen molar-refractivity contribution in [3.05, 3.63) is 17.5 Å². The first-order chi connectivity index (χ1) is 7.70. The van der Waals surface area contributed by atoms with E-state index in [1.54, 1.807) is 6.07 Å². The fraction of sp³-hybridized carbons (Fsp3) is 0.500. The predicted octanol–water partition coefficient (Wildman–Crippen LogP) is 1.13. The van der Waals surface area contributed by atoms with E-state index >= 15 is 0 Å². The molecule has 1 aliphatic rings. The molecule has 2 heterocycles. The molecule has 86 valence electrons. The highest BCUT2D eigenvalue weighted by Crippen LogP contribution is 2.23. The molecule has 0 spiro atoms. The van der Waals surface area contributed by atoms with E-state index in [4.69, 9.17) is 16.3 Å². The number of carbonyl (C=O) groups excluding carboxylic acids is 1. The van der Waals surface area contributed by atoms with E-state index < -0.39 is 0 Å². The summed E-state index contributed by atoms with van der Waals surface area (Å²) in [7, 11) is 1.41. The minimum atomic E-state index is -0.164. The Kier molecular flexibility index (Phi) is 3.24. The van der Waals surface area contributed by atoms with Crippen molar-refractivity contribution in [1.82, 2.24) is 9.97 Å². The van der Waals surface area contributed by atoms with E-state index in [0.717, 1.165) is 18.8 Å². The molecule has 0 amide bonds. The van der Waals surface area contributed by atoms with Gasteiger partial charge in [0.1, 0.15) is 17.3 Å². The molecule has 1 saturated heterocycles. The van der Waals surface area contributed by atoms with E-state index in [1.807, 2.05) is 4.90 Å². The van der Waals surface area contributed by atoms with Gasteiger partial charge in [0.05, 0.1) is 13.0 Å². The van der Waals surface area contributed by atoms with Gasteiger partial charge in [0.25, 0.3) is 0 Å². The van der Waals surface area contributed by atoms with Crippen LogP contribution in [-0.2, 0) is 9.53 Å². The average Bonchev–Trinajstić information content (AvgIpc) is 2.77. The van der Waals surface area contributed by atoms with Gasteiger partial charge >= 0.3 is 5.97 Å². The van der Waals surface area contributed by atoms with Crippen LogP contribution in [0.5, 0.6) is 0 Å². The van der Waals surface area contributed by atoms with Crippen LogP contribution in [0.15, 0.2) is 12.4 Å². The van der Waals surface area contributed by atoms with Crippen LogP contribution in [0.2, 0.25) is 5.15 Å². The molecule has 1 atom stereocenters. The number of carbonyl (C=O) groups is 1. The third-order valence-electron chi connectivity index (χ3n) is 2.67. The summed E-state index contributed by atoms with van der Waals surface area (Å²) >= 11 is 5.78. The second-order valence-electron chi connectivity index (χ2n) is 3.65. The Hall–Kier alpha value is -1.36. The summed E-state index contributed by atoms with van der Waals surface area (Å²) in [4.78, 5) is 21.3. The van der Waals surface area contributed by atoms with Crippen molar-refractivity contribution < 1.29 is 9.53 Å². The Bertz CT molecular complexity index is 399. The van der Waals surface area contributed by atoms with Crippen LogP contribution in [0.25, 0.3) is 0 Å². The molecule has 0 saturated carbocycles. The van der Waals surface area contributed by atoms with Gasteiger partial charge in [-0.3, -0.25) is 4.79 Å². The van der Waals surface area contributed by atoms with Crippen LogP contribution >= 0.6 is 11.6 Å². The Labute approximate surface area is 98.4 Å². The zero-order chi connectivity index (χ0) is 11.5. The van der Waals surface area contributed by atoms with Gasteiger partial charge in [-0.15, -0.1) is 0 Å². The minimum absolute atomic E-state index is 0.0706. The fourth-order valence-corrected chi connectivity index (χ4v) is 1.97. The first-order valence-electron chi connectivity index (χ1n) is 5.01. The van der Waals surface area contributed by atoms with Crippen LogP contribution in [0.3, 0.4) is 0 Å². The summed E-state index contributed by atoms with van der Waals surface area (Å²) < 4.78 is 4.72. The lowest BCUT2D eigenvalue weighted by atomic mass is 10.1. The fourth-order valence-electron chi connectivity index (χ4n) is 1.82. The number of esters is 1. The molecule has 6 heteroatoms. The van der Waals surface area contributed by atoms with Gasteiger partial charge in [-0.1, -0.05) is 11.6 Å². The quantitative estimate of drug-likeness (QED) is 0.574. The second-order valence-corrected chi connectivity index (χ2v) is 4.04.